The third-order valence-corrected chi connectivity index (χ3v) is 4.67. The van der Waals surface area contributed by atoms with E-state index in [9.17, 15) is 24.0 Å². The standard InChI is InChI=1S/C26H44O12/c1-25(2,3)20(27)7-8-21(28)35-17-15-33-13-11-32-12-14-34-16-18-36-22(29)9-10-23(30)37-19-38-24(31)26(4,5)6/h7-19H2,1-6H3. The number of ether oxygens (including phenoxy) is 7. The number of Topliss-reactive ketones (excluding diaryl/α,β-unsaturated/α-hetero) is 1. The second-order valence-corrected chi connectivity index (χ2v) is 10.3. The van der Waals surface area contributed by atoms with Crippen molar-refractivity contribution in [2.24, 2.45) is 10.8 Å². The van der Waals surface area contributed by atoms with Gasteiger partial charge in [-0.15, -0.1) is 0 Å². The van der Waals surface area contributed by atoms with Gasteiger partial charge in [-0.3, -0.25) is 24.0 Å². The van der Waals surface area contributed by atoms with Gasteiger partial charge in [-0.25, -0.2) is 0 Å². The SMILES string of the molecule is CC(C)(C)C(=O)CCC(=O)OCCOCCOCCOCCOC(=O)CCC(=O)OCOC(=O)C(C)(C)C. The fourth-order valence-corrected chi connectivity index (χ4v) is 2.35. The summed E-state index contributed by atoms with van der Waals surface area (Å²) in [5.74, 6) is -2.16. The molecule has 0 heterocycles. The van der Waals surface area contributed by atoms with E-state index in [1.165, 1.54) is 0 Å². The Labute approximate surface area is 224 Å². The minimum absolute atomic E-state index is 0.0155. The van der Waals surface area contributed by atoms with E-state index in [0.29, 0.717) is 26.4 Å². The Morgan fingerprint density at radius 2 is 0.816 bits per heavy atom. The van der Waals surface area contributed by atoms with Gasteiger partial charge < -0.3 is 33.2 Å². The van der Waals surface area contributed by atoms with Gasteiger partial charge in [-0.1, -0.05) is 20.8 Å². The maximum absolute atomic E-state index is 11.8. The highest BCUT2D eigenvalue weighted by atomic mass is 16.7. The molecule has 0 aliphatic carbocycles. The van der Waals surface area contributed by atoms with Crippen molar-refractivity contribution in [3.63, 3.8) is 0 Å². The highest BCUT2D eigenvalue weighted by molar-refractivity contribution is 5.86. The summed E-state index contributed by atoms with van der Waals surface area (Å²) in [5.41, 5.74) is -1.16. The highest BCUT2D eigenvalue weighted by Crippen LogP contribution is 2.17. The number of ketones is 1. The average Bonchev–Trinajstić information content (AvgIpc) is 2.82. The third-order valence-electron chi connectivity index (χ3n) is 4.67. The molecule has 220 valence electrons. The molecule has 0 unspecified atom stereocenters. The van der Waals surface area contributed by atoms with Crippen LogP contribution in [0.2, 0.25) is 0 Å². The first kappa shape index (κ1) is 35.4. The number of carbonyl (C=O) groups is 5. The summed E-state index contributed by atoms with van der Waals surface area (Å²) >= 11 is 0. The fourth-order valence-electron chi connectivity index (χ4n) is 2.35. The molecule has 0 aliphatic heterocycles. The smallest absolute Gasteiger partial charge is 0.314 e. The zero-order valence-corrected chi connectivity index (χ0v) is 23.6. The van der Waals surface area contributed by atoms with Crippen molar-refractivity contribution in [1.82, 2.24) is 0 Å². The van der Waals surface area contributed by atoms with Crippen LogP contribution in [0.15, 0.2) is 0 Å². The van der Waals surface area contributed by atoms with Crippen LogP contribution in [0.3, 0.4) is 0 Å². The molecule has 0 aromatic heterocycles. The number of esters is 4. The van der Waals surface area contributed by atoms with E-state index in [4.69, 9.17) is 33.2 Å². The second kappa shape index (κ2) is 19.5. The van der Waals surface area contributed by atoms with Crippen molar-refractivity contribution in [1.29, 1.82) is 0 Å². The molecule has 0 spiro atoms. The first-order valence-corrected chi connectivity index (χ1v) is 12.6. The summed E-state index contributed by atoms with van der Waals surface area (Å²) in [5, 5.41) is 0. The number of hydrogen-bond donors (Lipinski definition) is 0. The molecule has 0 bridgehead atoms. The van der Waals surface area contributed by atoms with Crippen molar-refractivity contribution in [3.8, 4) is 0 Å². The van der Waals surface area contributed by atoms with E-state index < -0.39 is 41.5 Å². The Hall–Kier alpha value is -2.57. The number of hydrogen-bond acceptors (Lipinski definition) is 12. The number of carbonyl (C=O) groups excluding carboxylic acids is 5. The topological polar surface area (TPSA) is 150 Å². The third kappa shape index (κ3) is 20.5. The van der Waals surface area contributed by atoms with Gasteiger partial charge in [0.2, 0.25) is 6.79 Å². The zero-order chi connectivity index (χ0) is 29.0. The monoisotopic (exact) mass is 548 g/mol. The van der Waals surface area contributed by atoms with Crippen LogP contribution in [0.25, 0.3) is 0 Å². The molecule has 0 N–H and O–H groups in total. The zero-order valence-electron chi connectivity index (χ0n) is 23.6. The molecule has 12 heteroatoms. The summed E-state index contributed by atoms with van der Waals surface area (Å²) in [7, 11) is 0. The molecule has 0 fully saturated rings. The summed E-state index contributed by atoms with van der Waals surface area (Å²) in [6, 6.07) is 0. The van der Waals surface area contributed by atoms with Gasteiger partial charge in [-0.05, 0) is 20.8 Å². The van der Waals surface area contributed by atoms with Crippen molar-refractivity contribution in [2.45, 2.75) is 67.2 Å². The minimum atomic E-state index is -0.699. The van der Waals surface area contributed by atoms with Gasteiger partial charge in [0.1, 0.15) is 19.0 Å². The molecule has 0 atom stereocenters. The van der Waals surface area contributed by atoms with E-state index in [-0.39, 0.29) is 57.9 Å². The summed E-state index contributed by atoms with van der Waals surface area (Å²) in [6.07, 6.45) is -0.128. The molecule has 0 aromatic rings. The average molecular weight is 549 g/mol. The first-order valence-electron chi connectivity index (χ1n) is 12.6. The minimum Gasteiger partial charge on any atom is -0.463 e. The van der Waals surface area contributed by atoms with Crippen molar-refractivity contribution in [3.05, 3.63) is 0 Å². The summed E-state index contributed by atoms with van der Waals surface area (Å²) in [6.45, 7) is 11.8. The summed E-state index contributed by atoms with van der Waals surface area (Å²) < 4.78 is 35.4. The largest absolute Gasteiger partial charge is 0.463 e. The van der Waals surface area contributed by atoms with E-state index in [1.54, 1.807) is 20.8 Å². The van der Waals surface area contributed by atoms with Crippen molar-refractivity contribution >= 4 is 29.7 Å². The van der Waals surface area contributed by atoms with Crippen LogP contribution >= 0.6 is 0 Å². The van der Waals surface area contributed by atoms with Gasteiger partial charge in [-0.2, -0.15) is 0 Å². The molecular weight excluding hydrogens is 504 g/mol. The maximum Gasteiger partial charge on any atom is 0.314 e. The van der Waals surface area contributed by atoms with Gasteiger partial charge in [0.05, 0.1) is 64.3 Å². The molecule has 38 heavy (non-hydrogen) atoms. The van der Waals surface area contributed by atoms with Crippen molar-refractivity contribution in [2.75, 3.05) is 59.6 Å². The lowest BCUT2D eigenvalue weighted by atomic mass is 9.88. The molecule has 0 saturated heterocycles. The van der Waals surface area contributed by atoms with Crippen molar-refractivity contribution < 1.29 is 57.1 Å². The molecule has 0 saturated carbocycles. The fraction of sp³-hybridized carbons (Fsp3) is 0.808. The van der Waals surface area contributed by atoms with Gasteiger partial charge in [0.25, 0.3) is 0 Å². The van der Waals surface area contributed by atoms with Crippen LogP contribution in [0.4, 0.5) is 0 Å². The quantitative estimate of drug-likeness (QED) is 0.0951. The normalized spacial score (nSPS) is 11.5. The molecule has 0 aliphatic rings. The van der Waals surface area contributed by atoms with Crippen LogP contribution < -0.4 is 0 Å². The first-order chi connectivity index (χ1) is 17.7. The predicted octanol–water partition coefficient (Wildman–Crippen LogP) is 2.39. The van der Waals surface area contributed by atoms with Crippen LogP contribution in [-0.4, -0.2) is 89.3 Å². The van der Waals surface area contributed by atoms with E-state index in [2.05, 4.69) is 0 Å². The Bertz CT molecular complexity index is 733. The molecule has 12 nitrogen and oxygen atoms in total. The maximum atomic E-state index is 11.8. The lowest BCUT2D eigenvalue weighted by Crippen LogP contribution is -2.24. The van der Waals surface area contributed by atoms with Gasteiger partial charge in [0.15, 0.2) is 0 Å². The van der Waals surface area contributed by atoms with Gasteiger partial charge >= 0.3 is 23.9 Å². The number of rotatable bonds is 20. The van der Waals surface area contributed by atoms with Crippen LogP contribution in [-0.2, 0) is 57.1 Å². The Morgan fingerprint density at radius 1 is 0.447 bits per heavy atom. The van der Waals surface area contributed by atoms with E-state index in [1.807, 2.05) is 20.8 Å². The van der Waals surface area contributed by atoms with Crippen LogP contribution in [0, 0.1) is 10.8 Å². The molecule has 0 amide bonds. The van der Waals surface area contributed by atoms with E-state index >= 15 is 0 Å². The molecular formula is C26H44O12. The van der Waals surface area contributed by atoms with Crippen LogP contribution in [0.5, 0.6) is 0 Å². The lowest BCUT2D eigenvalue weighted by Gasteiger charge is -2.16. The van der Waals surface area contributed by atoms with Gasteiger partial charge in [0, 0.05) is 11.8 Å². The highest BCUT2D eigenvalue weighted by Gasteiger charge is 2.23. The molecule has 0 rings (SSSR count). The second-order valence-electron chi connectivity index (χ2n) is 10.3. The predicted molar refractivity (Wildman–Crippen MR) is 134 cm³/mol. The summed E-state index contributed by atoms with van der Waals surface area (Å²) in [4.78, 5) is 58.1. The van der Waals surface area contributed by atoms with E-state index in [0.717, 1.165) is 0 Å². The Morgan fingerprint density at radius 3 is 1.21 bits per heavy atom. The van der Waals surface area contributed by atoms with Crippen LogP contribution in [0.1, 0.15) is 67.2 Å². The Kier molecular flexibility index (Phi) is 18.2. The molecule has 0 aromatic carbocycles. The Balaban J connectivity index is 3.49. The molecule has 0 radical (unpaired) electrons. The lowest BCUT2D eigenvalue weighted by molar-refractivity contribution is -0.174.